The van der Waals surface area contributed by atoms with E-state index in [9.17, 15) is 0 Å². The van der Waals surface area contributed by atoms with Crippen molar-refractivity contribution in [1.82, 2.24) is 4.57 Å². The second kappa shape index (κ2) is 14.7. The van der Waals surface area contributed by atoms with E-state index >= 15 is 0 Å². The SMILES string of the molecule is c1ccc(-n2c3ccccc3c3cc(-c4ccc(N(c5cccc(-c6cccc7ccccc67)c5)c5ccc6c(c5)C5(c7ccccc7-c7ccccc75)c5ccccc5-6)cc4)ccc32)cc1. The Kier molecular flexibility index (Phi) is 8.23. The molecule has 14 rings (SSSR count). The van der Waals surface area contributed by atoms with Crippen LogP contribution in [0, 0.1) is 0 Å². The fourth-order valence-corrected chi connectivity index (χ4v) is 11.8. The third kappa shape index (κ3) is 5.51. The molecule has 67 heavy (non-hydrogen) atoms. The second-order valence-corrected chi connectivity index (χ2v) is 18.0. The summed E-state index contributed by atoms with van der Waals surface area (Å²) in [5.74, 6) is 0. The predicted molar refractivity (Wildman–Crippen MR) is 280 cm³/mol. The van der Waals surface area contributed by atoms with Gasteiger partial charge >= 0.3 is 0 Å². The van der Waals surface area contributed by atoms with E-state index in [-0.39, 0.29) is 0 Å². The molecule has 0 fully saturated rings. The van der Waals surface area contributed by atoms with E-state index in [4.69, 9.17) is 0 Å². The summed E-state index contributed by atoms with van der Waals surface area (Å²) in [6.07, 6.45) is 0. The van der Waals surface area contributed by atoms with Gasteiger partial charge in [0.1, 0.15) is 0 Å². The average Bonchev–Trinajstić information content (AvgIpc) is 4.01. The lowest BCUT2D eigenvalue weighted by Crippen LogP contribution is -2.26. The summed E-state index contributed by atoms with van der Waals surface area (Å²) >= 11 is 0. The molecule has 0 bridgehead atoms. The first-order chi connectivity index (χ1) is 33.2. The normalized spacial score (nSPS) is 12.9. The van der Waals surface area contributed by atoms with Crippen molar-refractivity contribution in [3.63, 3.8) is 0 Å². The fraction of sp³-hybridized carbons (Fsp3) is 0.0154. The zero-order chi connectivity index (χ0) is 44.1. The van der Waals surface area contributed by atoms with Crippen molar-refractivity contribution in [2.24, 2.45) is 0 Å². The molecule has 0 radical (unpaired) electrons. The van der Waals surface area contributed by atoms with Crippen LogP contribution in [0.3, 0.4) is 0 Å². The molecular formula is C65H42N2. The Bertz CT molecular complexity index is 3860. The van der Waals surface area contributed by atoms with Gasteiger partial charge in [0.05, 0.1) is 16.4 Å². The quantitative estimate of drug-likeness (QED) is 0.162. The average molecular weight is 851 g/mol. The highest BCUT2D eigenvalue weighted by atomic mass is 15.1. The summed E-state index contributed by atoms with van der Waals surface area (Å²) in [4.78, 5) is 2.46. The van der Waals surface area contributed by atoms with Crippen molar-refractivity contribution < 1.29 is 0 Å². The van der Waals surface area contributed by atoms with Crippen LogP contribution >= 0.6 is 0 Å². The van der Waals surface area contributed by atoms with Crippen LogP contribution in [-0.4, -0.2) is 4.57 Å². The number of nitrogens with zero attached hydrogens (tertiary/aromatic N) is 2. The summed E-state index contributed by atoms with van der Waals surface area (Å²) in [6, 6.07) is 94.3. The van der Waals surface area contributed by atoms with E-state index in [1.54, 1.807) is 0 Å². The van der Waals surface area contributed by atoms with Crippen molar-refractivity contribution >= 4 is 49.6 Å². The highest BCUT2D eigenvalue weighted by molar-refractivity contribution is 6.10. The zero-order valence-electron chi connectivity index (χ0n) is 36.6. The molecule has 312 valence electrons. The van der Waals surface area contributed by atoms with Gasteiger partial charge in [0.2, 0.25) is 0 Å². The van der Waals surface area contributed by atoms with Crippen LogP contribution in [0.2, 0.25) is 0 Å². The summed E-state index contributed by atoms with van der Waals surface area (Å²) in [5.41, 5.74) is 21.8. The van der Waals surface area contributed by atoms with Gasteiger partial charge in [0.25, 0.3) is 0 Å². The molecule has 0 aliphatic heterocycles. The van der Waals surface area contributed by atoms with Gasteiger partial charge in [-0.1, -0.05) is 188 Å². The number of hydrogen-bond acceptors (Lipinski definition) is 1. The van der Waals surface area contributed by atoms with Crippen molar-refractivity contribution in [2.45, 2.75) is 5.41 Å². The van der Waals surface area contributed by atoms with Crippen LogP contribution in [0.5, 0.6) is 0 Å². The molecule has 12 aromatic rings. The minimum Gasteiger partial charge on any atom is -0.310 e. The molecule has 0 saturated carbocycles. The maximum absolute atomic E-state index is 2.49. The Morgan fingerprint density at radius 1 is 0.284 bits per heavy atom. The monoisotopic (exact) mass is 850 g/mol. The van der Waals surface area contributed by atoms with Crippen LogP contribution in [-0.2, 0) is 5.41 Å². The van der Waals surface area contributed by atoms with E-state index in [1.807, 2.05) is 0 Å². The first-order valence-electron chi connectivity index (χ1n) is 23.3. The highest BCUT2D eigenvalue weighted by Gasteiger charge is 2.51. The molecular weight excluding hydrogens is 809 g/mol. The van der Waals surface area contributed by atoms with Crippen molar-refractivity contribution in [1.29, 1.82) is 0 Å². The maximum Gasteiger partial charge on any atom is 0.0726 e. The summed E-state index contributed by atoms with van der Waals surface area (Å²) in [6.45, 7) is 0. The van der Waals surface area contributed by atoms with E-state index in [1.165, 1.54) is 99.3 Å². The molecule has 1 spiro atoms. The largest absolute Gasteiger partial charge is 0.310 e. The van der Waals surface area contributed by atoms with E-state index < -0.39 is 5.41 Å². The second-order valence-electron chi connectivity index (χ2n) is 18.0. The Hall–Kier alpha value is -8.72. The Balaban J connectivity index is 0.951. The van der Waals surface area contributed by atoms with Crippen LogP contribution in [0.15, 0.2) is 255 Å². The van der Waals surface area contributed by atoms with Gasteiger partial charge in [-0.15, -0.1) is 0 Å². The molecule has 1 aromatic heterocycles. The molecule has 11 aromatic carbocycles. The van der Waals surface area contributed by atoms with Crippen molar-refractivity contribution in [3.8, 4) is 50.2 Å². The highest BCUT2D eigenvalue weighted by Crippen LogP contribution is 2.63. The minimum absolute atomic E-state index is 0.447. The molecule has 1 heterocycles. The molecule has 0 saturated heterocycles. The van der Waals surface area contributed by atoms with Gasteiger partial charge in [-0.25, -0.2) is 0 Å². The third-order valence-electron chi connectivity index (χ3n) is 14.6. The lowest BCUT2D eigenvalue weighted by Gasteiger charge is -2.32. The summed E-state index contributed by atoms with van der Waals surface area (Å²) in [5, 5.41) is 4.98. The lowest BCUT2D eigenvalue weighted by atomic mass is 9.70. The molecule has 0 atom stereocenters. The first kappa shape index (κ1) is 37.6. The number of aromatic nitrogens is 1. The van der Waals surface area contributed by atoms with E-state index in [0.717, 1.165) is 22.7 Å². The standard InChI is InChI=1S/C65H42N2/c1-2-19-47(20-3-1)67-63-31-13-9-26-57(63)58-41-45(34-39-64(58)67)43-32-35-48(36-33-43)66(49-21-14-18-46(40-49)52-27-15-17-44-16-4-5-22-51(44)52)50-37-38-56-55-25-8-12-30-61(55)65(62(56)42-50)59-28-10-6-23-53(59)54-24-7-11-29-60(54)65/h1-42H. The number of fused-ring (bicyclic) bond motifs is 14. The van der Waals surface area contributed by atoms with Crippen LogP contribution in [0.25, 0.3) is 82.8 Å². The topological polar surface area (TPSA) is 8.17 Å². The Morgan fingerprint density at radius 2 is 0.821 bits per heavy atom. The van der Waals surface area contributed by atoms with E-state index in [2.05, 4.69) is 264 Å². The maximum atomic E-state index is 2.49. The number of anilines is 3. The van der Waals surface area contributed by atoms with Gasteiger partial charge in [0, 0.05) is 33.5 Å². The van der Waals surface area contributed by atoms with Gasteiger partial charge in [-0.3, -0.25) is 0 Å². The molecule has 2 aliphatic carbocycles. The van der Waals surface area contributed by atoms with Crippen molar-refractivity contribution in [2.75, 3.05) is 4.90 Å². The van der Waals surface area contributed by atoms with E-state index in [0.29, 0.717) is 0 Å². The zero-order valence-corrected chi connectivity index (χ0v) is 36.6. The van der Waals surface area contributed by atoms with Crippen LogP contribution in [0.4, 0.5) is 17.1 Å². The molecule has 0 unspecified atom stereocenters. The Labute approximate surface area is 389 Å². The minimum atomic E-state index is -0.447. The molecule has 2 heteroatoms. The van der Waals surface area contributed by atoms with Gasteiger partial charge in [0.15, 0.2) is 0 Å². The molecule has 2 nitrogen and oxygen atoms in total. The van der Waals surface area contributed by atoms with Crippen LogP contribution in [0.1, 0.15) is 22.3 Å². The number of benzene rings is 11. The van der Waals surface area contributed by atoms with Crippen molar-refractivity contribution in [3.05, 3.63) is 277 Å². The number of hydrogen-bond donors (Lipinski definition) is 0. The van der Waals surface area contributed by atoms with Gasteiger partial charge in [-0.2, -0.15) is 0 Å². The van der Waals surface area contributed by atoms with Gasteiger partial charge in [-0.05, 0) is 144 Å². The lowest BCUT2D eigenvalue weighted by molar-refractivity contribution is 0.793. The predicted octanol–water partition coefficient (Wildman–Crippen LogP) is 17.1. The van der Waals surface area contributed by atoms with Gasteiger partial charge < -0.3 is 9.47 Å². The van der Waals surface area contributed by atoms with Crippen LogP contribution < -0.4 is 4.90 Å². The molecule has 2 aliphatic rings. The summed E-state index contributed by atoms with van der Waals surface area (Å²) < 4.78 is 2.38. The fourth-order valence-electron chi connectivity index (χ4n) is 11.8. The Morgan fingerprint density at radius 3 is 1.57 bits per heavy atom. The molecule has 0 amide bonds. The summed E-state index contributed by atoms with van der Waals surface area (Å²) in [7, 11) is 0. The number of para-hydroxylation sites is 2. The first-order valence-corrected chi connectivity index (χ1v) is 23.3. The third-order valence-corrected chi connectivity index (χ3v) is 14.6. The smallest absolute Gasteiger partial charge is 0.0726 e. The molecule has 0 N–H and O–H groups in total. The number of rotatable bonds is 6.